The van der Waals surface area contributed by atoms with Crippen LogP contribution in [-0.4, -0.2) is 39.6 Å². The molecule has 0 radical (unpaired) electrons. The SMILES string of the molecule is CC(NS(=O)(=O)c1ccc(Cl)cc1)C(=O)NCC1CCCO1. The lowest BCUT2D eigenvalue weighted by Crippen LogP contribution is -2.46. The maximum atomic E-state index is 12.2. The van der Waals surface area contributed by atoms with Crippen molar-refractivity contribution in [3.63, 3.8) is 0 Å². The minimum Gasteiger partial charge on any atom is -0.376 e. The van der Waals surface area contributed by atoms with Crippen LogP contribution in [-0.2, 0) is 19.6 Å². The quantitative estimate of drug-likeness (QED) is 0.813. The Bertz CT molecular complexity index is 612. The van der Waals surface area contributed by atoms with Crippen molar-refractivity contribution in [2.75, 3.05) is 13.2 Å². The highest BCUT2D eigenvalue weighted by Gasteiger charge is 2.23. The lowest BCUT2D eigenvalue weighted by atomic mass is 10.2. The predicted molar refractivity (Wildman–Crippen MR) is 83.2 cm³/mol. The molecule has 1 aliphatic rings. The summed E-state index contributed by atoms with van der Waals surface area (Å²) >= 11 is 5.73. The molecule has 6 nitrogen and oxygen atoms in total. The number of amides is 1. The molecule has 2 N–H and O–H groups in total. The highest BCUT2D eigenvalue weighted by molar-refractivity contribution is 7.89. The van der Waals surface area contributed by atoms with E-state index >= 15 is 0 Å². The first kappa shape index (κ1) is 17.2. The first-order valence-corrected chi connectivity index (χ1v) is 8.92. The number of hydrogen-bond acceptors (Lipinski definition) is 4. The number of halogens is 1. The molecule has 2 atom stereocenters. The predicted octanol–water partition coefficient (Wildman–Crippen LogP) is 1.30. The summed E-state index contributed by atoms with van der Waals surface area (Å²) in [5.74, 6) is -0.381. The summed E-state index contributed by atoms with van der Waals surface area (Å²) in [6.45, 7) is 2.60. The molecule has 1 aromatic carbocycles. The summed E-state index contributed by atoms with van der Waals surface area (Å²) in [5, 5.41) is 3.14. The molecule has 1 heterocycles. The molecule has 8 heteroatoms. The van der Waals surface area contributed by atoms with Crippen molar-refractivity contribution in [2.24, 2.45) is 0 Å². The van der Waals surface area contributed by atoms with Crippen LogP contribution in [0.15, 0.2) is 29.2 Å². The van der Waals surface area contributed by atoms with E-state index in [4.69, 9.17) is 16.3 Å². The van der Waals surface area contributed by atoms with E-state index < -0.39 is 16.1 Å². The standard InChI is InChI=1S/C14H19ClN2O4S/c1-10(14(18)16-9-12-3-2-8-21-12)17-22(19,20)13-6-4-11(15)5-7-13/h4-7,10,12,17H,2-3,8-9H2,1H3,(H,16,18). The zero-order chi connectivity index (χ0) is 16.2. The number of carbonyl (C=O) groups excluding carboxylic acids is 1. The molecule has 1 aromatic rings. The van der Waals surface area contributed by atoms with Crippen LogP contribution in [0.1, 0.15) is 19.8 Å². The molecule has 1 amide bonds. The molecule has 0 saturated carbocycles. The molecule has 2 rings (SSSR count). The highest BCUT2D eigenvalue weighted by Crippen LogP contribution is 2.14. The van der Waals surface area contributed by atoms with Gasteiger partial charge >= 0.3 is 0 Å². The van der Waals surface area contributed by atoms with Crippen molar-refractivity contribution in [2.45, 2.75) is 36.8 Å². The Morgan fingerprint density at radius 3 is 2.68 bits per heavy atom. The maximum Gasteiger partial charge on any atom is 0.241 e. The highest BCUT2D eigenvalue weighted by atomic mass is 35.5. The summed E-state index contributed by atoms with van der Waals surface area (Å²) in [6.07, 6.45) is 1.91. The molecule has 0 spiro atoms. The van der Waals surface area contributed by atoms with Crippen molar-refractivity contribution in [3.8, 4) is 0 Å². The van der Waals surface area contributed by atoms with Gasteiger partial charge in [-0.1, -0.05) is 11.6 Å². The zero-order valence-electron chi connectivity index (χ0n) is 12.2. The lowest BCUT2D eigenvalue weighted by molar-refractivity contribution is -0.122. The van der Waals surface area contributed by atoms with E-state index in [0.717, 1.165) is 12.8 Å². The molecule has 1 aliphatic heterocycles. The summed E-state index contributed by atoms with van der Waals surface area (Å²) in [7, 11) is -3.76. The molecule has 0 aromatic heterocycles. The first-order chi connectivity index (χ1) is 10.4. The van der Waals surface area contributed by atoms with Gasteiger partial charge in [0.1, 0.15) is 0 Å². The van der Waals surface area contributed by atoms with Crippen molar-refractivity contribution >= 4 is 27.5 Å². The van der Waals surface area contributed by atoms with E-state index in [9.17, 15) is 13.2 Å². The molecule has 122 valence electrons. The fourth-order valence-electron chi connectivity index (χ4n) is 2.14. The van der Waals surface area contributed by atoms with Gasteiger partial charge in [-0.05, 0) is 44.0 Å². The third-order valence-electron chi connectivity index (χ3n) is 3.38. The molecule has 1 saturated heterocycles. The van der Waals surface area contributed by atoms with E-state index in [2.05, 4.69) is 10.0 Å². The minimum atomic E-state index is -3.76. The smallest absolute Gasteiger partial charge is 0.241 e. The first-order valence-electron chi connectivity index (χ1n) is 7.06. The van der Waals surface area contributed by atoms with E-state index in [1.165, 1.54) is 31.2 Å². The molecule has 22 heavy (non-hydrogen) atoms. The van der Waals surface area contributed by atoms with Gasteiger partial charge in [0, 0.05) is 18.2 Å². The van der Waals surface area contributed by atoms with Crippen molar-refractivity contribution in [3.05, 3.63) is 29.3 Å². The lowest BCUT2D eigenvalue weighted by Gasteiger charge is -2.16. The van der Waals surface area contributed by atoms with Gasteiger partial charge in [0.2, 0.25) is 15.9 Å². The number of nitrogens with one attached hydrogen (secondary N) is 2. The molecule has 0 aliphatic carbocycles. The van der Waals surface area contributed by atoms with Gasteiger partial charge in [0.05, 0.1) is 17.0 Å². The van der Waals surface area contributed by atoms with Crippen molar-refractivity contribution in [1.82, 2.24) is 10.0 Å². The van der Waals surface area contributed by atoms with Gasteiger partial charge in [-0.2, -0.15) is 4.72 Å². The zero-order valence-corrected chi connectivity index (χ0v) is 13.8. The second-order valence-corrected chi connectivity index (χ2v) is 7.33. The van der Waals surface area contributed by atoms with E-state index in [-0.39, 0.29) is 16.9 Å². The Morgan fingerprint density at radius 1 is 1.41 bits per heavy atom. The van der Waals surface area contributed by atoms with E-state index in [1.807, 2.05) is 0 Å². The van der Waals surface area contributed by atoms with Gasteiger partial charge < -0.3 is 10.1 Å². The monoisotopic (exact) mass is 346 g/mol. The van der Waals surface area contributed by atoms with Crippen LogP contribution in [0.25, 0.3) is 0 Å². The number of carbonyl (C=O) groups is 1. The Hall–Kier alpha value is -1.15. The summed E-state index contributed by atoms with van der Waals surface area (Å²) < 4.78 is 32.1. The van der Waals surface area contributed by atoms with Gasteiger partial charge in [-0.3, -0.25) is 4.79 Å². The number of sulfonamides is 1. The normalized spacial score (nSPS) is 19.8. The van der Waals surface area contributed by atoms with E-state index in [0.29, 0.717) is 18.2 Å². The topological polar surface area (TPSA) is 84.5 Å². The number of benzene rings is 1. The van der Waals surface area contributed by atoms with Gasteiger partial charge in [-0.15, -0.1) is 0 Å². The number of hydrogen-bond donors (Lipinski definition) is 2. The number of ether oxygens (including phenoxy) is 1. The fraction of sp³-hybridized carbons (Fsp3) is 0.500. The van der Waals surface area contributed by atoms with Gasteiger partial charge in [-0.25, -0.2) is 8.42 Å². The van der Waals surface area contributed by atoms with Crippen LogP contribution >= 0.6 is 11.6 Å². The van der Waals surface area contributed by atoms with Gasteiger partial charge in [0.15, 0.2) is 0 Å². The summed E-state index contributed by atoms with van der Waals surface area (Å²) in [6, 6.07) is 4.88. The Balaban J connectivity index is 1.90. The second kappa shape index (κ2) is 7.41. The summed E-state index contributed by atoms with van der Waals surface area (Å²) in [4.78, 5) is 12.0. The molecule has 0 bridgehead atoms. The molecular formula is C14H19ClN2O4S. The van der Waals surface area contributed by atoms with Crippen LogP contribution in [0.5, 0.6) is 0 Å². The van der Waals surface area contributed by atoms with Crippen LogP contribution in [0.3, 0.4) is 0 Å². The van der Waals surface area contributed by atoms with Crippen molar-refractivity contribution < 1.29 is 17.9 Å². The Morgan fingerprint density at radius 2 is 2.09 bits per heavy atom. The molecule has 2 unspecified atom stereocenters. The van der Waals surface area contributed by atoms with Gasteiger partial charge in [0.25, 0.3) is 0 Å². The third kappa shape index (κ3) is 4.67. The van der Waals surface area contributed by atoms with Crippen LogP contribution in [0.4, 0.5) is 0 Å². The Labute approximate surface area is 135 Å². The van der Waals surface area contributed by atoms with E-state index in [1.54, 1.807) is 0 Å². The third-order valence-corrected chi connectivity index (χ3v) is 5.19. The molecular weight excluding hydrogens is 328 g/mol. The van der Waals surface area contributed by atoms with Crippen LogP contribution in [0.2, 0.25) is 5.02 Å². The minimum absolute atomic E-state index is 0.0176. The second-order valence-electron chi connectivity index (χ2n) is 5.18. The van der Waals surface area contributed by atoms with Crippen LogP contribution < -0.4 is 10.0 Å². The number of rotatable bonds is 6. The fourth-order valence-corrected chi connectivity index (χ4v) is 3.47. The Kier molecular flexibility index (Phi) is 5.80. The molecule has 1 fully saturated rings. The average molecular weight is 347 g/mol. The largest absolute Gasteiger partial charge is 0.376 e. The van der Waals surface area contributed by atoms with Crippen molar-refractivity contribution in [1.29, 1.82) is 0 Å². The van der Waals surface area contributed by atoms with Crippen LogP contribution in [0, 0.1) is 0 Å². The maximum absolute atomic E-state index is 12.2. The summed E-state index contributed by atoms with van der Waals surface area (Å²) in [5.41, 5.74) is 0. The average Bonchev–Trinajstić information content (AvgIpc) is 2.98.